The van der Waals surface area contributed by atoms with Gasteiger partial charge < -0.3 is 19.5 Å². The summed E-state index contributed by atoms with van der Waals surface area (Å²) in [6.45, 7) is -0.0905. The summed E-state index contributed by atoms with van der Waals surface area (Å²) in [6, 6.07) is 13.7. The number of carbonyl (C=O) groups excluding carboxylic acids is 1. The molecule has 0 saturated heterocycles. The van der Waals surface area contributed by atoms with Crippen LogP contribution in [0.2, 0.25) is 0 Å². The van der Waals surface area contributed by atoms with E-state index in [9.17, 15) is 9.59 Å². The Morgan fingerprint density at radius 3 is 2.81 bits per heavy atom. The summed E-state index contributed by atoms with van der Waals surface area (Å²) < 4.78 is 11.2. The number of rotatable bonds is 4. The lowest BCUT2D eigenvalue weighted by atomic mass is 9.91. The smallest absolute Gasteiger partial charge is 0.339 e. The number of ether oxygens (including phenoxy) is 1. The average molecular weight is 428 g/mol. The third-order valence-electron chi connectivity index (χ3n) is 6.76. The summed E-state index contributed by atoms with van der Waals surface area (Å²) in [6.07, 6.45) is 5.63. The first-order valence-corrected chi connectivity index (χ1v) is 11.3. The van der Waals surface area contributed by atoms with Gasteiger partial charge in [0.15, 0.2) is 6.61 Å². The van der Waals surface area contributed by atoms with Crippen LogP contribution in [0.4, 0.5) is 0 Å². The zero-order valence-electron chi connectivity index (χ0n) is 17.7. The van der Waals surface area contributed by atoms with Gasteiger partial charge in [0.1, 0.15) is 11.3 Å². The lowest BCUT2D eigenvalue weighted by Crippen LogP contribution is -2.34. The van der Waals surface area contributed by atoms with Crippen LogP contribution in [-0.2, 0) is 24.1 Å². The Bertz CT molecular complexity index is 1410. The second-order valence-corrected chi connectivity index (χ2v) is 8.72. The van der Waals surface area contributed by atoms with E-state index in [1.165, 1.54) is 10.9 Å². The first kappa shape index (κ1) is 19.2. The van der Waals surface area contributed by atoms with Gasteiger partial charge in [-0.1, -0.05) is 18.2 Å². The Hall–Kier alpha value is -3.54. The largest absolute Gasteiger partial charge is 0.484 e. The Morgan fingerprint density at radius 1 is 1.03 bits per heavy atom. The molecule has 0 spiro atoms. The van der Waals surface area contributed by atoms with E-state index in [1.54, 1.807) is 6.07 Å². The van der Waals surface area contributed by atoms with Gasteiger partial charge in [-0.25, -0.2) is 4.79 Å². The molecule has 2 aromatic heterocycles. The van der Waals surface area contributed by atoms with E-state index in [2.05, 4.69) is 22.4 Å². The molecule has 4 aromatic rings. The van der Waals surface area contributed by atoms with Gasteiger partial charge in [-0.2, -0.15) is 0 Å². The maximum Gasteiger partial charge on any atom is 0.339 e. The highest BCUT2D eigenvalue weighted by atomic mass is 16.5. The molecular weight excluding hydrogens is 404 g/mol. The van der Waals surface area contributed by atoms with Gasteiger partial charge in [-0.15, -0.1) is 0 Å². The summed E-state index contributed by atoms with van der Waals surface area (Å²) in [5, 5.41) is 5.32. The summed E-state index contributed by atoms with van der Waals surface area (Å²) >= 11 is 0. The molecule has 1 amide bonds. The van der Waals surface area contributed by atoms with Gasteiger partial charge in [-0.3, -0.25) is 4.79 Å². The van der Waals surface area contributed by atoms with Crippen molar-refractivity contribution in [2.45, 2.75) is 44.6 Å². The van der Waals surface area contributed by atoms with E-state index >= 15 is 0 Å². The van der Waals surface area contributed by atoms with Gasteiger partial charge in [0, 0.05) is 33.6 Å². The number of hydrogen-bond acceptors (Lipinski definition) is 4. The van der Waals surface area contributed by atoms with Crippen molar-refractivity contribution in [2.24, 2.45) is 0 Å². The molecule has 0 saturated carbocycles. The summed E-state index contributed by atoms with van der Waals surface area (Å²) in [5.74, 6) is 0.348. The van der Waals surface area contributed by atoms with Gasteiger partial charge >= 0.3 is 5.63 Å². The predicted molar refractivity (Wildman–Crippen MR) is 122 cm³/mol. The van der Waals surface area contributed by atoms with Crippen molar-refractivity contribution < 1.29 is 13.9 Å². The molecule has 0 radical (unpaired) electrons. The van der Waals surface area contributed by atoms with Crippen molar-refractivity contribution >= 4 is 27.8 Å². The number of para-hydroxylation sites is 1. The fourth-order valence-corrected chi connectivity index (χ4v) is 5.30. The van der Waals surface area contributed by atoms with Gasteiger partial charge in [0.25, 0.3) is 5.91 Å². The van der Waals surface area contributed by atoms with Crippen molar-refractivity contribution in [3.8, 4) is 5.75 Å². The zero-order valence-corrected chi connectivity index (χ0v) is 17.7. The third kappa shape index (κ3) is 3.18. The van der Waals surface area contributed by atoms with E-state index in [-0.39, 0.29) is 24.2 Å². The van der Waals surface area contributed by atoms with Crippen LogP contribution in [0.1, 0.15) is 47.7 Å². The van der Waals surface area contributed by atoms with Crippen molar-refractivity contribution in [3.05, 3.63) is 75.3 Å². The summed E-state index contributed by atoms with van der Waals surface area (Å²) in [7, 11) is 0. The zero-order chi connectivity index (χ0) is 21.7. The number of carbonyl (C=O) groups is 1. The number of amides is 1. The number of aromatic amines is 1. The van der Waals surface area contributed by atoms with Gasteiger partial charge in [0.2, 0.25) is 0 Å². The number of fused-ring (bicyclic) bond motifs is 6. The molecule has 0 aliphatic heterocycles. The minimum absolute atomic E-state index is 0.0422. The second-order valence-electron chi connectivity index (χ2n) is 8.72. The standard InChI is InChI=1S/C26H24N2O4/c29-24(27-22-10-4-7-19-17-5-1-2-9-21(17)28-25(19)22)14-31-15-11-12-18-16-6-3-8-20(16)26(30)32-23(18)13-15/h1-2,5,9,11-13,22,28H,3-4,6-8,10,14H2,(H,27,29)/t22-/m0/s1. The number of benzene rings is 2. The van der Waals surface area contributed by atoms with Crippen LogP contribution in [0.3, 0.4) is 0 Å². The number of hydrogen-bond donors (Lipinski definition) is 2. The van der Waals surface area contributed by atoms with E-state index in [0.717, 1.165) is 66.2 Å². The minimum atomic E-state index is -0.258. The Labute approximate surface area is 184 Å². The first-order valence-electron chi connectivity index (χ1n) is 11.3. The van der Waals surface area contributed by atoms with Crippen molar-refractivity contribution in [3.63, 3.8) is 0 Å². The normalized spacial score (nSPS) is 17.3. The maximum atomic E-state index is 12.7. The monoisotopic (exact) mass is 428 g/mol. The molecule has 2 N–H and O–H groups in total. The molecule has 0 unspecified atom stereocenters. The number of aromatic nitrogens is 1. The quantitative estimate of drug-likeness (QED) is 0.474. The molecule has 2 heterocycles. The number of aryl methyl sites for hydroxylation is 2. The van der Waals surface area contributed by atoms with E-state index in [1.807, 2.05) is 24.3 Å². The summed E-state index contributed by atoms with van der Waals surface area (Å²) in [4.78, 5) is 28.4. The third-order valence-corrected chi connectivity index (χ3v) is 6.76. The Balaban J connectivity index is 1.17. The molecule has 32 heavy (non-hydrogen) atoms. The highest BCUT2D eigenvalue weighted by Gasteiger charge is 2.25. The van der Waals surface area contributed by atoms with Crippen molar-refractivity contribution in [2.75, 3.05) is 6.61 Å². The van der Waals surface area contributed by atoms with E-state index in [4.69, 9.17) is 9.15 Å². The molecule has 0 bridgehead atoms. The van der Waals surface area contributed by atoms with Gasteiger partial charge in [0.05, 0.1) is 6.04 Å². The molecule has 0 fully saturated rings. The fourth-order valence-electron chi connectivity index (χ4n) is 5.30. The summed E-state index contributed by atoms with van der Waals surface area (Å²) in [5.41, 5.74) is 5.66. The minimum Gasteiger partial charge on any atom is -0.484 e. The van der Waals surface area contributed by atoms with Crippen LogP contribution < -0.4 is 15.7 Å². The molecule has 2 aliphatic rings. The second kappa shape index (κ2) is 7.55. The molecule has 1 atom stereocenters. The Morgan fingerprint density at radius 2 is 1.88 bits per heavy atom. The number of H-pyrrole nitrogens is 1. The van der Waals surface area contributed by atoms with Crippen molar-refractivity contribution in [1.82, 2.24) is 10.3 Å². The maximum absolute atomic E-state index is 12.7. The van der Waals surface area contributed by atoms with Crippen LogP contribution in [0, 0.1) is 0 Å². The number of nitrogens with one attached hydrogen (secondary N) is 2. The van der Waals surface area contributed by atoms with Crippen LogP contribution in [-0.4, -0.2) is 17.5 Å². The van der Waals surface area contributed by atoms with Crippen LogP contribution >= 0.6 is 0 Å². The van der Waals surface area contributed by atoms with Gasteiger partial charge in [-0.05, 0) is 67.9 Å². The highest BCUT2D eigenvalue weighted by molar-refractivity contribution is 5.86. The van der Waals surface area contributed by atoms with E-state index in [0.29, 0.717) is 11.3 Å². The predicted octanol–water partition coefficient (Wildman–Crippen LogP) is 4.34. The van der Waals surface area contributed by atoms with Crippen LogP contribution in [0.25, 0.3) is 21.9 Å². The lowest BCUT2D eigenvalue weighted by molar-refractivity contribution is -0.124. The average Bonchev–Trinajstić information content (AvgIpc) is 3.44. The lowest BCUT2D eigenvalue weighted by Gasteiger charge is -2.24. The van der Waals surface area contributed by atoms with Crippen LogP contribution in [0.5, 0.6) is 5.75 Å². The SMILES string of the molecule is O=C(COc1ccc2c3c(c(=O)oc2c1)CCC3)N[C@H]1CCCc2c1[nH]c1ccccc21. The molecule has 6 heteroatoms. The Kier molecular flexibility index (Phi) is 4.52. The molecular formula is C26H24N2O4. The molecule has 6 rings (SSSR count). The molecule has 6 nitrogen and oxygen atoms in total. The molecule has 2 aromatic carbocycles. The molecule has 162 valence electrons. The van der Waals surface area contributed by atoms with E-state index < -0.39 is 0 Å². The van der Waals surface area contributed by atoms with Crippen molar-refractivity contribution in [1.29, 1.82) is 0 Å². The molecule has 2 aliphatic carbocycles. The highest BCUT2D eigenvalue weighted by Crippen LogP contribution is 2.34. The first-order chi connectivity index (χ1) is 15.7. The van der Waals surface area contributed by atoms with Crippen LogP contribution in [0.15, 0.2) is 51.7 Å². The topological polar surface area (TPSA) is 84.3 Å². The fraction of sp³-hybridized carbons (Fsp3) is 0.308.